The maximum absolute atomic E-state index is 12.5. The topological polar surface area (TPSA) is 95.9 Å². The molecule has 0 heterocycles. The Kier molecular flexibility index (Phi) is 67.4. The predicted molar refractivity (Wildman–Crippen MR) is 343 cm³/mol. The molecule has 2 atom stereocenters. The molecule has 0 saturated heterocycles. The first-order valence-electron chi connectivity index (χ1n) is 36.3. The molecular weight excluding hydrogens is 959 g/mol. The summed E-state index contributed by atoms with van der Waals surface area (Å²) in [6.07, 6.45) is 82.9. The fourth-order valence-electron chi connectivity index (χ4n) is 11.9. The number of ether oxygens (including phenoxy) is 1. The molecule has 0 aliphatic carbocycles. The second-order valence-corrected chi connectivity index (χ2v) is 25.3. The van der Waals surface area contributed by atoms with Crippen LogP contribution in [-0.4, -0.2) is 47.4 Å². The normalized spacial score (nSPS) is 12.4. The molecule has 78 heavy (non-hydrogen) atoms. The van der Waals surface area contributed by atoms with Crippen molar-refractivity contribution in [2.45, 2.75) is 437 Å². The van der Waals surface area contributed by atoms with Gasteiger partial charge < -0.3 is 20.3 Å². The number of aliphatic hydroxyl groups excluding tert-OH is 2. The Morgan fingerprint density at radius 2 is 0.526 bits per heavy atom. The maximum Gasteiger partial charge on any atom is 0.305 e. The molecule has 0 aromatic carbocycles. The van der Waals surface area contributed by atoms with Crippen molar-refractivity contribution in [2.24, 2.45) is 0 Å². The van der Waals surface area contributed by atoms with Gasteiger partial charge in [-0.05, 0) is 25.7 Å². The molecule has 0 aromatic rings. The van der Waals surface area contributed by atoms with Crippen molar-refractivity contribution < 1.29 is 24.5 Å². The highest BCUT2D eigenvalue weighted by atomic mass is 16.5. The third-order valence-corrected chi connectivity index (χ3v) is 17.4. The van der Waals surface area contributed by atoms with Crippen molar-refractivity contribution in [3.63, 3.8) is 0 Å². The zero-order valence-electron chi connectivity index (χ0n) is 53.4. The smallest absolute Gasteiger partial charge is 0.305 e. The molecule has 0 bridgehead atoms. The molecule has 0 aromatic heterocycles. The largest absolute Gasteiger partial charge is 0.466 e. The Hall–Kier alpha value is -1.14. The fraction of sp³-hybridized carbons (Fsp3) is 0.972. The zero-order valence-corrected chi connectivity index (χ0v) is 53.4. The quantitative estimate of drug-likeness (QED) is 0.0417. The van der Waals surface area contributed by atoms with Gasteiger partial charge in [-0.25, -0.2) is 0 Å². The lowest BCUT2D eigenvalue weighted by atomic mass is 10.0. The van der Waals surface area contributed by atoms with E-state index >= 15 is 0 Å². The zero-order chi connectivity index (χ0) is 56.4. The first kappa shape index (κ1) is 76.9. The summed E-state index contributed by atoms with van der Waals surface area (Å²) < 4.78 is 5.51. The number of carbonyl (C=O) groups excluding carboxylic acids is 2. The predicted octanol–water partition coefficient (Wildman–Crippen LogP) is 23.4. The molecule has 0 fully saturated rings. The van der Waals surface area contributed by atoms with Crippen LogP contribution in [0.5, 0.6) is 0 Å². The van der Waals surface area contributed by atoms with Crippen molar-refractivity contribution in [3.05, 3.63) is 0 Å². The van der Waals surface area contributed by atoms with Crippen molar-refractivity contribution in [1.82, 2.24) is 5.32 Å². The van der Waals surface area contributed by atoms with Gasteiger partial charge in [-0.3, -0.25) is 9.59 Å². The maximum atomic E-state index is 12.5. The van der Waals surface area contributed by atoms with Gasteiger partial charge in [0.15, 0.2) is 0 Å². The van der Waals surface area contributed by atoms with Gasteiger partial charge in [0.25, 0.3) is 0 Å². The summed E-state index contributed by atoms with van der Waals surface area (Å²) in [7, 11) is 0. The molecule has 0 spiro atoms. The third kappa shape index (κ3) is 64.0. The Labute approximate surface area is 489 Å². The van der Waals surface area contributed by atoms with Crippen molar-refractivity contribution in [1.29, 1.82) is 0 Å². The minimum absolute atomic E-state index is 0.0198. The lowest BCUT2D eigenvalue weighted by Gasteiger charge is -2.22. The van der Waals surface area contributed by atoms with Crippen LogP contribution in [0.25, 0.3) is 0 Å². The lowest BCUT2D eigenvalue weighted by molar-refractivity contribution is -0.143. The van der Waals surface area contributed by atoms with E-state index in [0.717, 1.165) is 38.5 Å². The highest BCUT2D eigenvalue weighted by molar-refractivity contribution is 5.76. The Morgan fingerprint density at radius 3 is 0.782 bits per heavy atom. The number of unbranched alkanes of at least 4 members (excludes halogenated alkanes) is 58. The Balaban J connectivity index is 3.35. The molecule has 6 nitrogen and oxygen atoms in total. The first-order valence-corrected chi connectivity index (χ1v) is 36.3. The minimum Gasteiger partial charge on any atom is -0.466 e. The number of hydrogen-bond donors (Lipinski definition) is 3. The van der Waals surface area contributed by atoms with Gasteiger partial charge >= 0.3 is 5.97 Å². The standard InChI is InChI=1S/C72H143NO5/c1-3-5-7-9-11-13-15-17-19-21-23-29-32-36-40-44-48-52-56-60-64-70(75)69(68-74)73-71(76)65-61-57-53-49-45-41-37-33-30-26-24-25-27-31-35-39-43-47-51-55-59-63-67-78-72(77)66-62-58-54-50-46-42-38-34-28-22-20-18-16-14-12-10-8-6-4-2/h69-70,74-75H,3-68H2,1-2H3,(H,73,76). The van der Waals surface area contributed by atoms with Crippen LogP contribution in [-0.2, 0) is 14.3 Å². The number of hydrogen-bond acceptors (Lipinski definition) is 5. The van der Waals surface area contributed by atoms with Crippen LogP contribution in [0, 0.1) is 0 Å². The third-order valence-electron chi connectivity index (χ3n) is 17.4. The van der Waals surface area contributed by atoms with Crippen molar-refractivity contribution in [2.75, 3.05) is 13.2 Å². The molecule has 466 valence electrons. The molecule has 0 aliphatic heterocycles. The van der Waals surface area contributed by atoms with Crippen LogP contribution in [0.3, 0.4) is 0 Å². The number of nitrogens with one attached hydrogen (secondary N) is 1. The summed E-state index contributed by atoms with van der Waals surface area (Å²) in [5.41, 5.74) is 0. The van der Waals surface area contributed by atoms with Gasteiger partial charge in [-0.2, -0.15) is 0 Å². The molecule has 0 radical (unpaired) electrons. The highest BCUT2D eigenvalue weighted by Crippen LogP contribution is 2.20. The van der Waals surface area contributed by atoms with Crippen LogP contribution in [0.2, 0.25) is 0 Å². The van der Waals surface area contributed by atoms with Gasteiger partial charge in [0, 0.05) is 12.8 Å². The Morgan fingerprint density at radius 1 is 0.308 bits per heavy atom. The van der Waals surface area contributed by atoms with E-state index in [1.165, 1.54) is 353 Å². The van der Waals surface area contributed by atoms with E-state index in [2.05, 4.69) is 19.2 Å². The molecule has 0 aliphatic rings. The number of aliphatic hydroxyl groups is 2. The summed E-state index contributed by atoms with van der Waals surface area (Å²) >= 11 is 0. The molecular formula is C72H143NO5. The average molecular weight is 1100 g/mol. The summed E-state index contributed by atoms with van der Waals surface area (Å²) in [6, 6.07) is -0.541. The van der Waals surface area contributed by atoms with Gasteiger partial charge in [-0.1, -0.05) is 386 Å². The molecule has 3 N–H and O–H groups in total. The number of esters is 1. The van der Waals surface area contributed by atoms with Crippen LogP contribution in [0.1, 0.15) is 425 Å². The number of amides is 1. The van der Waals surface area contributed by atoms with Gasteiger partial charge in [0.2, 0.25) is 5.91 Å². The van der Waals surface area contributed by atoms with Gasteiger partial charge in [-0.15, -0.1) is 0 Å². The van der Waals surface area contributed by atoms with E-state index in [1.807, 2.05) is 0 Å². The van der Waals surface area contributed by atoms with E-state index in [9.17, 15) is 19.8 Å². The van der Waals surface area contributed by atoms with Crippen molar-refractivity contribution in [3.8, 4) is 0 Å². The van der Waals surface area contributed by atoms with Crippen LogP contribution >= 0.6 is 0 Å². The van der Waals surface area contributed by atoms with Crippen molar-refractivity contribution >= 4 is 11.9 Å². The molecule has 6 heteroatoms. The van der Waals surface area contributed by atoms with E-state index < -0.39 is 12.1 Å². The van der Waals surface area contributed by atoms with Gasteiger partial charge in [0.1, 0.15) is 0 Å². The SMILES string of the molecule is CCCCCCCCCCCCCCCCCCCCCCC(O)C(CO)NC(=O)CCCCCCCCCCCCCCCCCCCCCCCCOC(=O)CCCCCCCCCCCCCCCCCCCCC. The molecule has 0 rings (SSSR count). The van der Waals surface area contributed by atoms with E-state index in [1.54, 1.807) is 0 Å². The monoisotopic (exact) mass is 1100 g/mol. The number of rotatable bonds is 69. The second kappa shape index (κ2) is 68.4. The summed E-state index contributed by atoms with van der Waals surface area (Å²) in [5.74, 6) is -0.00992. The summed E-state index contributed by atoms with van der Waals surface area (Å²) in [4.78, 5) is 24.7. The minimum atomic E-state index is -0.664. The van der Waals surface area contributed by atoms with Crippen LogP contribution in [0.15, 0.2) is 0 Å². The first-order chi connectivity index (χ1) is 38.5. The summed E-state index contributed by atoms with van der Waals surface area (Å²) in [5, 5.41) is 23.4. The summed E-state index contributed by atoms with van der Waals surface area (Å²) in [6.45, 7) is 5.01. The van der Waals surface area contributed by atoms with E-state index in [-0.39, 0.29) is 18.5 Å². The van der Waals surface area contributed by atoms with Crippen LogP contribution in [0.4, 0.5) is 0 Å². The van der Waals surface area contributed by atoms with E-state index in [0.29, 0.717) is 25.9 Å². The van der Waals surface area contributed by atoms with E-state index in [4.69, 9.17) is 4.74 Å². The number of carbonyl (C=O) groups is 2. The Bertz CT molecular complexity index is 1130. The second-order valence-electron chi connectivity index (χ2n) is 25.3. The molecule has 1 amide bonds. The lowest BCUT2D eigenvalue weighted by Crippen LogP contribution is -2.45. The molecule has 2 unspecified atom stereocenters. The fourth-order valence-corrected chi connectivity index (χ4v) is 11.9. The average Bonchev–Trinajstić information content (AvgIpc) is 3.44. The highest BCUT2D eigenvalue weighted by Gasteiger charge is 2.20. The van der Waals surface area contributed by atoms with Gasteiger partial charge in [0.05, 0.1) is 25.4 Å². The van der Waals surface area contributed by atoms with Crippen LogP contribution < -0.4 is 5.32 Å². The molecule has 0 saturated carbocycles.